The van der Waals surface area contributed by atoms with Gasteiger partial charge in [-0.25, -0.2) is 9.50 Å². The van der Waals surface area contributed by atoms with E-state index in [0.29, 0.717) is 21.9 Å². The first kappa shape index (κ1) is 17.2. The zero-order chi connectivity index (χ0) is 18.9. The van der Waals surface area contributed by atoms with Gasteiger partial charge in [0.15, 0.2) is 11.3 Å². The second-order valence-electron chi connectivity index (χ2n) is 9.64. The molecule has 5 fully saturated rings. The van der Waals surface area contributed by atoms with Crippen LogP contribution in [0, 0.1) is 17.8 Å². The predicted molar refractivity (Wildman–Crippen MR) is 106 cm³/mol. The van der Waals surface area contributed by atoms with Crippen molar-refractivity contribution in [1.29, 1.82) is 0 Å². The minimum atomic E-state index is -0.0555. The summed E-state index contributed by atoms with van der Waals surface area (Å²) >= 11 is 6.41. The van der Waals surface area contributed by atoms with Gasteiger partial charge in [-0.2, -0.15) is 5.10 Å². The second kappa shape index (κ2) is 6.17. The number of aromatic nitrogens is 3. The number of carbonyl (C=O) groups excluding carboxylic acids is 1. The van der Waals surface area contributed by atoms with Crippen molar-refractivity contribution in [3.05, 3.63) is 29.2 Å². The fraction of sp³-hybridized carbons (Fsp3) is 0.667. The Labute approximate surface area is 169 Å². The van der Waals surface area contributed by atoms with Crippen LogP contribution in [0.1, 0.15) is 49.0 Å². The summed E-state index contributed by atoms with van der Waals surface area (Å²) in [6.07, 6.45) is 12.2. The molecule has 4 bridgehead atoms. The quantitative estimate of drug-likeness (QED) is 0.834. The Morgan fingerprint density at radius 2 is 1.75 bits per heavy atom. The maximum absolute atomic E-state index is 13.1. The van der Waals surface area contributed by atoms with E-state index in [2.05, 4.69) is 10.1 Å². The molecule has 1 N–H and O–H groups in total. The van der Waals surface area contributed by atoms with Gasteiger partial charge >= 0.3 is 0 Å². The number of halogens is 1. The van der Waals surface area contributed by atoms with Gasteiger partial charge in [0.2, 0.25) is 0 Å². The highest BCUT2D eigenvalue weighted by Gasteiger charge is 2.56. The molecule has 4 saturated carbocycles. The third-order valence-corrected chi connectivity index (χ3v) is 8.33. The Hall–Kier alpha value is -1.66. The largest absolute Gasteiger partial charge is 0.327 e. The number of fused-ring (bicyclic) bond motifs is 1. The van der Waals surface area contributed by atoms with Crippen molar-refractivity contribution in [3.63, 3.8) is 0 Å². The molecule has 7 heteroatoms. The third kappa shape index (κ3) is 2.53. The van der Waals surface area contributed by atoms with Crippen LogP contribution in [-0.2, 0) is 0 Å². The lowest BCUT2D eigenvalue weighted by molar-refractivity contribution is -0.962. The zero-order valence-corrected chi connectivity index (χ0v) is 16.9. The Morgan fingerprint density at radius 1 is 1.11 bits per heavy atom. The third-order valence-electron chi connectivity index (χ3n) is 7.98. The number of carbonyl (C=O) groups is 1. The highest BCUT2D eigenvalue weighted by molar-refractivity contribution is 6.36. The fourth-order valence-corrected chi connectivity index (χ4v) is 7.45. The van der Waals surface area contributed by atoms with Gasteiger partial charge in [0, 0.05) is 31.7 Å². The van der Waals surface area contributed by atoms with Crippen LogP contribution >= 0.6 is 11.6 Å². The lowest BCUT2D eigenvalue weighted by Gasteiger charge is -2.59. The summed E-state index contributed by atoms with van der Waals surface area (Å²) in [5.41, 5.74) is 1.39. The van der Waals surface area contributed by atoms with E-state index in [1.54, 1.807) is 27.9 Å². The molecule has 0 atom stereocenters. The summed E-state index contributed by atoms with van der Waals surface area (Å²) < 4.78 is 1.59. The molecule has 2 aromatic heterocycles. The van der Waals surface area contributed by atoms with Crippen molar-refractivity contribution in [2.45, 2.75) is 44.1 Å². The molecule has 1 amide bonds. The molecule has 3 heterocycles. The topological polar surface area (TPSA) is 54.9 Å². The van der Waals surface area contributed by atoms with Gasteiger partial charge in [0.05, 0.1) is 31.7 Å². The molecule has 28 heavy (non-hydrogen) atoms. The molecule has 2 aromatic rings. The Balaban J connectivity index is 1.18. The van der Waals surface area contributed by atoms with Gasteiger partial charge in [-0.05, 0) is 43.1 Å². The minimum absolute atomic E-state index is 0.0555. The number of hydrogen-bond acceptors (Lipinski definition) is 3. The lowest BCUT2D eigenvalue weighted by atomic mass is 9.52. The van der Waals surface area contributed by atoms with Crippen LogP contribution in [0.15, 0.2) is 18.5 Å². The average molecular weight is 401 g/mol. The van der Waals surface area contributed by atoms with E-state index < -0.39 is 0 Å². The lowest BCUT2D eigenvalue weighted by Crippen LogP contribution is -3.23. The van der Waals surface area contributed by atoms with Crippen molar-refractivity contribution in [3.8, 4) is 0 Å². The van der Waals surface area contributed by atoms with Crippen molar-refractivity contribution in [2.75, 3.05) is 26.2 Å². The van der Waals surface area contributed by atoms with Gasteiger partial charge in [0.1, 0.15) is 5.02 Å². The highest BCUT2D eigenvalue weighted by Crippen LogP contribution is 2.54. The van der Waals surface area contributed by atoms with Crippen molar-refractivity contribution in [1.82, 2.24) is 19.5 Å². The average Bonchev–Trinajstić information content (AvgIpc) is 3.03. The van der Waals surface area contributed by atoms with E-state index in [-0.39, 0.29) is 5.91 Å². The number of piperazine rings is 1. The molecular weight excluding hydrogens is 374 g/mol. The van der Waals surface area contributed by atoms with E-state index in [4.69, 9.17) is 11.6 Å². The predicted octanol–water partition coefficient (Wildman–Crippen LogP) is 1.69. The summed E-state index contributed by atoms with van der Waals surface area (Å²) in [7, 11) is 0. The molecule has 148 valence electrons. The van der Waals surface area contributed by atoms with Gasteiger partial charge in [0.25, 0.3) is 5.91 Å². The molecule has 0 unspecified atom stereocenters. The molecule has 0 aromatic carbocycles. The zero-order valence-electron chi connectivity index (χ0n) is 16.1. The summed E-state index contributed by atoms with van der Waals surface area (Å²) in [5, 5.41) is 4.75. The van der Waals surface area contributed by atoms with Crippen LogP contribution < -0.4 is 4.90 Å². The smallest absolute Gasteiger partial charge is 0.276 e. The summed E-state index contributed by atoms with van der Waals surface area (Å²) in [4.78, 5) is 21.0. The van der Waals surface area contributed by atoms with Crippen LogP contribution in [0.3, 0.4) is 0 Å². The fourth-order valence-electron chi connectivity index (χ4n) is 7.20. The molecular formula is C21H27ClN5O+. The second-order valence-corrected chi connectivity index (χ2v) is 10.0. The van der Waals surface area contributed by atoms with Crippen LogP contribution in [0.2, 0.25) is 5.02 Å². The van der Waals surface area contributed by atoms with Crippen LogP contribution in [-0.4, -0.2) is 57.1 Å². The van der Waals surface area contributed by atoms with Crippen LogP contribution in [0.5, 0.6) is 0 Å². The van der Waals surface area contributed by atoms with Crippen molar-refractivity contribution >= 4 is 23.2 Å². The standard InChI is InChI=1S/C21H26ClN5O/c22-17-18(24-27-3-1-2-23-19(17)27)20(28)25-4-6-26(7-5-25)21-11-14-8-15(12-21)10-16(9-14)13-21/h1-3,14-16H,4-13H2/p+1. The van der Waals surface area contributed by atoms with Gasteiger partial charge in [-0.15, -0.1) is 0 Å². The highest BCUT2D eigenvalue weighted by atomic mass is 35.5. The normalized spacial score (nSPS) is 35.0. The minimum Gasteiger partial charge on any atom is -0.327 e. The van der Waals surface area contributed by atoms with Gasteiger partial charge in [-0.3, -0.25) is 4.79 Å². The Kier molecular flexibility index (Phi) is 3.79. The Morgan fingerprint density at radius 3 is 2.36 bits per heavy atom. The number of quaternary nitrogens is 1. The number of hydrogen-bond donors (Lipinski definition) is 1. The van der Waals surface area contributed by atoms with E-state index in [0.717, 1.165) is 43.9 Å². The number of amides is 1. The first-order valence-corrected chi connectivity index (χ1v) is 11.1. The van der Waals surface area contributed by atoms with E-state index in [1.807, 2.05) is 4.90 Å². The molecule has 6 nitrogen and oxygen atoms in total. The number of nitrogens with zero attached hydrogens (tertiary/aromatic N) is 4. The molecule has 5 aliphatic rings. The van der Waals surface area contributed by atoms with Crippen molar-refractivity contribution < 1.29 is 9.69 Å². The summed E-state index contributed by atoms with van der Waals surface area (Å²) in [6.45, 7) is 3.71. The van der Waals surface area contributed by atoms with Gasteiger partial charge < -0.3 is 9.80 Å². The van der Waals surface area contributed by atoms with Gasteiger partial charge in [-0.1, -0.05) is 11.6 Å². The molecule has 4 aliphatic carbocycles. The summed E-state index contributed by atoms with van der Waals surface area (Å²) in [5.74, 6) is 2.87. The molecule has 0 spiro atoms. The SMILES string of the molecule is O=C(c1nn2cccnc2c1Cl)N1CC[NH+](C23CC4CC(CC(C4)C2)C3)CC1. The molecule has 1 saturated heterocycles. The van der Waals surface area contributed by atoms with Crippen LogP contribution in [0.25, 0.3) is 5.65 Å². The van der Waals surface area contributed by atoms with E-state index in [9.17, 15) is 4.79 Å². The molecule has 0 radical (unpaired) electrons. The molecule has 7 rings (SSSR count). The van der Waals surface area contributed by atoms with Crippen LogP contribution in [0.4, 0.5) is 0 Å². The van der Waals surface area contributed by atoms with Crippen molar-refractivity contribution in [2.24, 2.45) is 17.8 Å². The van der Waals surface area contributed by atoms with E-state index in [1.165, 1.54) is 38.5 Å². The maximum atomic E-state index is 13.1. The number of rotatable bonds is 2. The first-order valence-electron chi connectivity index (χ1n) is 10.7. The first-order chi connectivity index (χ1) is 13.6. The molecule has 1 aliphatic heterocycles. The summed E-state index contributed by atoms with van der Waals surface area (Å²) in [6, 6.07) is 1.79. The number of nitrogens with one attached hydrogen (secondary N) is 1. The monoisotopic (exact) mass is 400 g/mol. The van der Waals surface area contributed by atoms with E-state index >= 15 is 0 Å². The maximum Gasteiger partial charge on any atom is 0.276 e. The Bertz CT molecular complexity index is 897.